The Kier molecular flexibility index (Phi) is 4.77. The molecule has 0 unspecified atom stereocenters. The molecule has 0 saturated carbocycles. The summed E-state index contributed by atoms with van der Waals surface area (Å²) in [4.78, 5) is 14.7. The second-order valence-electron chi connectivity index (χ2n) is 4.60. The maximum absolute atomic E-state index is 12.2. The Morgan fingerprint density at radius 1 is 1.32 bits per heavy atom. The van der Waals surface area contributed by atoms with Gasteiger partial charge in [0.1, 0.15) is 4.32 Å². The lowest BCUT2D eigenvalue weighted by Crippen LogP contribution is -2.28. The van der Waals surface area contributed by atoms with E-state index < -0.39 is 0 Å². The van der Waals surface area contributed by atoms with Crippen molar-refractivity contribution in [1.29, 1.82) is 0 Å². The Labute approximate surface area is 123 Å². The van der Waals surface area contributed by atoms with Crippen molar-refractivity contribution in [1.82, 2.24) is 4.90 Å². The van der Waals surface area contributed by atoms with Gasteiger partial charge in [-0.1, -0.05) is 67.2 Å². The first-order valence-corrected chi connectivity index (χ1v) is 7.66. The highest BCUT2D eigenvalue weighted by molar-refractivity contribution is 8.26. The molecule has 0 radical (unpaired) electrons. The maximum Gasteiger partial charge on any atom is 0.266 e. The number of hydrogen-bond acceptors (Lipinski definition) is 3. The summed E-state index contributed by atoms with van der Waals surface area (Å²) in [5.74, 6) is 0.0454. The van der Waals surface area contributed by atoms with Crippen molar-refractivity contribution in [2.24, 2.45) is 0 Å². The molecular weight excluding hydrogens is 274 g/mol. The molecule has 1 aliphatic rings. The molecule has 2 nitrogen and oxygen atoms in total. The van der Waals surface area contributed by atoms with Crippen molar-refractivity contribution in [3.8, 4) is 0 Å². The zero-order valence-electron chi connectivity index (χ0n) is 11.2. The van der Waals surface area contributed by atoms with Crippen molar-refractivity contribution < 1.29 is 4.79 Å². The number of amides is 1. The Bertz CT molecular complexity index is 519. The number of benzene rings is 1. The number of carbonyl (C=O) groups is 1. The van der Waals surface area contributed by atoms with Crippen LogP contribution in [0.3, 0.4) is 0 Å². The fourth-order valence-electron chi connectivity index (χ4n) is 1.82. The van der Waals surface area contributed by atoms with Gasteiger partial charge >= 0.3 is 0 Å². The topological polar surface area (TPSA) is 20.3 Å². The van der Waals surface area contributed by atoms with Crippen molar-refractivity contribution in [3.05, 3.63) is 40.3 Å². The Morgan fingerprint density at radius 2 is 2.00 bits per heavy atom. The van der Waals surface area contributed by atoms with Gasteiger partial charge in [0.15, 0.2) is 0 Å². The van der Waals surface area contributed by atoms with Crippen LogP contribution in [0.2, 0.25) is 0 Å². The summed E-state index contributed by atoms with van der Waals surface area (Å²) < 4.78 is 0.678. The van der Waals surface area contributed by atoms with E-state index in [0.29, 0.717) is 4.32 Å². The van der Waals surface area contributed by atoms with Gasteiger partial charge in [0.2, 0.25) is 0 Å². The standard InChI is InChI=1S/C15H17NOS2/c1-3-4-9-16-14(17)13(19-15(16)18)10-12-7-5-11(2)6-8-12/h5-8,10H,3-4,9H2,1-2H3. The minimum Gasteiger partial charge on any atom is -0.293 e. The number of rotatable bonds is 4. The van der Waals surface area contributed by atoms with E-state index in [1.165, 1.54) is 17.3 Å². The van der Waals surface area contributed by atoms with Gasteiger partial charge in [-0.05, 0) is 25.0 Å². The number of nitrogens with zero attached hydrogens (tertiary/aromatic N) is 1. The number of thioether (sulfide) groups is 1. The number of thiocarbonyl (C=S) groups is 1. The summed E-state index contributed by atoms with van der Waals surface area (Å²) in [6, 6.07) is 8.13. The summed E-state index contributed by atoms with van der Waals surface area (Å²) in [5.41, 5.74) is 2.26. The molecule has 100 valence electrons. The molecule has 0 aromatic heterocycles. The van der Waals surface area contributed by atoms with Crippen LogP contribution in [0.4, 0.5) is 0 Å². The number of hydrogen-bond donors (Lipinski definition) is 0. The maximum atomic E-state index is 12.2. The molecule has 19 heavy (non-hydrogen) atoms. The predicted molar refractivity (Wildman–Crippen MR) is 86.0 cm³/mol. The van der Waals surface area contributed by atoms with Gasteiger partial charge in [0, 0.05) is 6.54 Å². The van der Waals surface area contributed by atoms with Crippen LogP contribution in [0, 0.1) is 6.92 Å². The van der Waals surface area contributed by atoms with Crippen LogP contribution in [-0.4, -0.2) is 21.7 Å². The van der Waals surface area contributed by atoms with Crippen molar-refractivity contribution in [2.45, 2.75) is 26.7 Å². The fourth-order valence-corrected chi connectivity index (χ4v) is 3.13. The molecule has 2 rings (SSSR count). The molecule has 0 atom stereocenters. The van der Waals surface area contributed by atoms with Gasteiger partial charge in [-0.15, -0.1) is 0 Å². The average Bonchev–Trinajstić information content (AvgIpc) is 2.65. The Morgan fingerprint density at radius 3 is 2.63 bits per heavy atom. The predicted octanol–water partition coefficient (Wildman–Crippen LogP) is 4.00. The van der Waals surface area contributed by atoms with E-state index in [4.69, 9.17) is 12.2 Å². The molecule has 1 fully saturated rings. The summed E-state index contributed by atoms with van der Waals surface area (Å²) in [6.07, 6.45) is 3.98. The summed E-state index contributed by atoms with van der Waals surface area (Å²) in [7, 11) is 0. The van der Waals surface area contributed by atoms with Crippen LogP contribution in [0.5, 0.6) is 0 Å². The van der Waals surface area contributed by atoms with Crippen LogP contribution in [0.25, 0.3) is 6.08 Å². The quantitative estimate of drug-likeness (QED) is 0.618. The molecule has 1 heterocycles. The van der Waals surface area contributed by atoms with E-state index >= 15 is 0 Å². The highest BCUT2D eigenvalue weighted by Gasteiger charge is 2.31. The van der Waals surface area contributed by atoms with Gasteiger partial charge in [-0.25, -0.2) is 0 Å². The molecule has 0 N–H and O–H groups in total. The minimum absolute atomic E-state index is 0.0454. The van der Waals surface area contributed by atoms with Gasteiger partial charge in [-0.3, -0.25) is 9.69 Å². The second kappa shape index (κ2) is 6.35. The molecule has 1 aromatic carbocycles. The van der Waals surface area contributed by atoms with Gasteiger partial charge in [0.25, 0.3) is 5.91 Å². The van der Waals surface area contributed by atoms with E-state index in [2.05, 4.69) is 6.92 Å². The molecule has 1 aliphatic heterocycles. The van der Waals surface area contributed by atoms with Crippen LogP contribution >= 0.6 is 24.0 Å². The lowest BCUT2D eigenvalue weighted by Gasteiger charge is -2.12. The lowest BCUT2D eigenvalue weighted by atomic mass is 10.1. The molecule has 0 bridgehead atoms. The molecule has 1 amide bonds. The first-order chi connectivity index (χ1) is 9.11. The van der Waals surface area contributed by atoms with Crippen molar-refractivity contribution >= 4 is 40.3 Å². The Hall–Kier alpha value is -1.13. The SMILES string of the molecule is CCCCN1C(=O)C(=Cc2ccc(C)cc2)SC1=S. The van der Waals surface area contributed by atoms with E-state index in [0.717, 1.165) is 29.9 Å². The number of unbranched alkanes of at least 4 members (excludes halogenated alkanes) is 1. The fraction of sp³-hybridized carbons (Fsp3) is 0.333. The largest absolute Gasteiger partial charge is 0.293 e. The summed E-state index contributed by atoms with van der Waals surface area (Å²) >= 11 is 6.67. The zero-order valence-corrected chi connectivity index (χ0v) is 12.8. The number of carbonyl (C=O) groups excluding carboxylic acids is 1. The van der Waals surface area contributed by atoms with Gasteiger partial charge < -0.3 is 0 Å². The molecule has 0 spiro atoms. The third-order valence-electron chi connectivity index (χ3n) is 2.98. The highest BCUT2D eigenvalue weighted by atomic mass is 32.2. The first-order valence-electron chi connectivity index (χ1n) is 6.44. The molecule has 4 heteroatoms. The second-order valence-corrected chi connectivity index (χ2v) is 6.27. The van der Waals surface area contributed by atoms with E-state index in [9.17, 15) is 4.79 Å². The third kappa shape index (κ3) is 3.45. The van der Waals surface area contributed by atoms with Gasteiger partial charge in [-0.2, -0.15) is 0 Å². The van der Waals surface area contributed by atoms with E-state index in [-0.39, 0.29) is 5.91 Å². The molecule has 1 saturated heterocycles. The van der Waals surface area contributed by atoms with E-state index in [1.807, 2.05) is 37.3 Å². The average molecular weight is 291 g/mol. The molecule has 1 aromatic rings. The van der Waals surface area contributed by atoms with Crippen LogP contribution in [0.1, 0.15) is 30.9 Å². The van der Waals surface area contributed by atoms with E-state index in [1.54, 1.807) is 4.90 Å². The monoisotopic (exact) mass is 291 g/mol. The van der Waals surface area contributed by atoms with Crippen LogP contribution in [-0.2, 0) is 4.79 Å². The molecular formula is C15H17NOS2. The normalized spacial score (nSPS) is 17.6. The van der Waals surface area contributed by atoms with Crippen molar-refractivity contribution in [2.75, 3.05) is 6.54 Å². The van der Waals surface area contributed by atoms with Crippen LogP contribution < -0.4 is 0 Å². The number of aryl methyl sites for hydroxylation is 1. The summed E-state index contributed by atoms with van der Waals surface area (Å²) in [5, 5.41) is 0. The lowest BCUT2D eigenvalue weighted by molar-refractivity contribution is -0.122. The zero-order chi connectivity index (χ0) is 13.8. The minimum atomic E-state index is 0.0454. The van der Waals surface area contributed by atoms with Crippen LogP contribution in [0.15, 0.2) is 29.2 Å². The van der Waals surface area contributed by atoms with Gasteiger partial charge in [0.05, 0.1) is 4.91 Å². The highest BCUT2D eigenvalue weighted by Crippen LogP contribution is 2.32. The smallest absolute Gasteiger partial charge is 0.266 e. The summed E-state index contributed by atoms with van der Waals surface area (Å²) in [6.45, 7) is 4.89. The van der Waals surface area contributed by atoms with Crippen molar-refractivity contribution in [3.63, 3.8) is 0 Å². The first kappa shape index (κ1) is 14.3. The third-order valence-corrected chi connectivity index (χ3v) is 4.36. The molecule has 0 aliphatic carbocycles. The Balaban J connectivity index is 2.16.